The van der Waals surface area contributed by atoms with Crippen LogP contribution < -0.4 is 0 Å². The number of Topliss-reactive ketones (excluding diaryl/α,β-unsaturated/α-hetero) is 4. The number of benzene rings is 2. The molecule has 0 heterocycles. The van der Waals surface area contributed by atoms with Crippen molar-refractivity contribution >= 4 is 116 Å². The van der Waals surface area contributed by atoms with Gasteiger partial charge in [0, 0.05) is 0 Å². The number of hydrogen-bond donors (Lipinski definition) is 0. The van der Waals surface area contributed by atoms with Gasteiger partial charge in [-0.05, 0) is 12.5 Å². The summed E-state index contributed by atoms with van der Waals surface area (Å²) in [6, 6.07) is 0. The highest BCUT2D eigenvalue weighted by molar-refractivity contribution is 6.58. The minimum absolute atomic E-state index is 0.0930. The third kappa shape index (κ3) is 4.09. The quantitative estimate of drug-likeness (QED) is 0.147. The van der Waals surface area contributed by atoms with Crippen molar-refractivity contribution in [1.82, 2.24) is 0 Å². The zero-order valence-electron chi connectivity index (χ0n) is 16.7. The summed E-state index contributed by atoms with van der Waals surface area (Å²) >= 11 is 48.4. The fraction of sp³-hybridized carbons (Fsp3) is 0.0435. The van der Waals surface area contributed by atoms with Gasteiger partial charge in [-0.25, -0.2) is 0 Å². The highest BCUT2D eigenvalue weighted by Gasteiger charge is 2.40. The smallest absolute Gasteiger partial charge is 0.199 e. The summed E-state index contributed by atoms with van der Waals surface area (Å²) in [5.74, 6) is -2.60. The Morgan fingerprint density at radius 3 is 1.11 bits per heavy atom. The van der Waals surface area contributed by atoms with E-state index in [0.29, 0.717) is 0 Å². The average Bonchev–Trinajstić information content (AvgIpc) is 3.22. The molecule has 0 bridgehead atoms. The Kier molecular flexibility index (Phi) is 7.52. The van der Waals surface area contributed by atoms with Crippen molar-refractivity contribution in [3.63, 3.8) is 0 Å². The number of hydrogen-bond acceptors (Lipinski definition) is 4. The molecule has 0 spiro atoms. The molecule has 2 aliphatic carbocycles. The Balaban J connectivity index is 1.59. The molecule has 2 aromatic rings. The molecular formula is C23H6Cl8O4. The monoisotopic (exact) mass is 626 g/mol. The maximum atomic E-state index is 12.7. The van der Waals surface area contributed by atoms with Crippen molar-refractivity contribution in [3.8, 4) is 0 Å². The Morgan fingerprint density at radius 2 is 0.771 bits per heavy atom. The minimum atomic E-state index is -0.659. The van der Waals surface area contributed by atoms with Crippen LogP contribution >= 0.6 is 92.8 Å². The van der Waals surface area contributed by atoms with E-state index in [9.17, 15) is 19.2 Å². The summed E-state index contributed by atoms with van der Waals surface area (Å²) in [5.41, 5.74) is -0.830. The van der Waals surface area contributed by atoms with Gasteiger partial charge in [0.05, 0.1) is 73.6 Å². The zero-order chi connectivity index (χ0) is 25.9. The molecule has 0 aromatic heterocycles. The van der Waals surface area contributed by atoms with E-state index >= 15 is 0 Å². The van der Waals surface area contributed by atoms with Crippen LogP contribution in [0, 0.1) is 0 Å². The fourth-order valence-corrected chi connectivity index (χ4v) is 5.68. The molecule has 2 aliphatic rings. The Labute approximate surface area is 237 Å². The summed E-state index contributed by atoms with van der Waals surface area (Å²) in [4.78, 5) is 50.9. The first-order valence-electron chi connectivity index (χ1n) is 9.39. The molecule has 0 saturated heterocycles. The first-order valence-corrected chi connectivity index (χ1v) is 12.4. The molecule has 0 radical (unpaired) electrons. The first-order chi connectivity index (χ1) is 16.4. The van der Waals surface area contributed by atoms with E-state index in [4.69, 9.17) is 92.8 Å². The van der Waals surface area contributed by atoms with Gasteiger partial charge in [-0.15, -0.1) is 0 Å². The molecule has 178 valence electrons. The van der Waals surface area contributed by atoms with Gasteiger partial charge in [0.2, 0.25) is 0 Å². The van der Waals surface area contributed by atoms with Gasteiger partial charge in [-0.1, -0.05) is 111 Å². The summed E-state index contributed by atoms with van der Waals surface area (Å²) in [5, 5.41) is -1.15. The van der Waals surface area contributed by atoms with Crippen molar-refractivity contribution in [3.05, 3.63) is 97.9 Å². The number of allylic oxidation sites excluding steroid dienone is 6. The van der Waals surface area contributed by atoms with Crippen molar-refractivity contribution in [1.29, 1.82) is 0 Å². The van der Waals surface area contributed by atoms with Crippen LogP contribution in [0.5, 0.6) is 0 Å². The summed E-state index contributed by atoms with van der Waals surface area (Å²) in [7, 11) is 0. The Bertz CT molecular complexity index is 1420. The van der Waals surface area contributed by atoms with Crippen LogP contribution in [-0.2, 0) is 0 Å². The summed E-state index contributed by atoms with van der Waals surface area (Å²) in [6.07, 6.45) is 5.63. The van der Waals surface area contributed by atoms with Gasteiger partial charge >= 0.3 is 0 Å². The van der Waals surface area contributed by atoms with Crippen molar-refractivity contribution in [2.45, 2.75) is 6.42 Å². The molecule has 0 N–H and O–H groups in total. The average molecular weight is 630 g/mol. The second-order valence-electron chi connectivity index (χ2n) is 7.19. The van der Waals surface area contributed by atoms with Crippen molar-refractivity contribution < 1.29 is 19.2 Å². The SMILES string of the molecule is O=C1C(=CC=CCC=C2C(=O)c3c(Cl)c(Cl)c(Cl)c(Cl)c3C2=O)C(=O)c2c(Cl)c(Cl)c(Cl)c(Cl)c21. The molecule has 0 saturated carbocycles. The summed E-state index contributed by atoms with van der Waals surface area (Å²) in [6.45, 7) is 0. The Morgan fingerprint density at radius 1 is 0.457 bits per heavy atom. The largest absolute Gasteiger partial charge is 0.288 e. The predicted octanol–water partition coefficient (Wildman–Crippen LogP) is 9.17. The Hall–Kier alpha value is -1.34. The van der Waals surface area contributed by atoms with Crippen LogP contribution in [-0.4, -0.2) is 23.1 Å². The van der Waals surface area contributed by atoms with Gasteiger partial charge in [-0.2, -0.15) is 0 Å². The molecule has 0 fully saturated rings. The molecule has 0 aliphatic heterocycles. The molecule has 0 amide bonds. The van der Waals surface area contributed by atoms with Crippen LogP contribution in [0.4, 0.5) is 0 Å². The topological polar surface area (TPSA) is 68.3 Å². The normalized spacial score (nSPS) is 15.0. The van der Waals surface area contributed by atoms with Crippen LogP contribution in [0.3, 0.4) is 0 Å². The number of rotatable bonds is 3. The lowest BCUT2D eigenvalue weighted by Crippen LogP contribution is -2.00. The van der Waals surface area contributed by atoms with E-state index in [0.717, 1.165) is 0 Å². The molecule has 2 aromatic carbocycles. The second kappa shape index (κ2) is 9.85. The van der Waals surface area contributed by atoms with Gasteiger partial charge in [0.25, 0.3) is 0 Å². The lowest BCUT2D eigenvalue weighted by molar-refractivity contribution is 0.0973. The zero-order valence-corrected chi connectivity index (χ0v) is 22.7. The molecular weight excluding hydrogens is 624 g/mol. The van der Waals surface area contributed by atoms with Crippen LogP contribution in [0.2, 0.25) is 40.2 Å². The van der Waals surface area contributed by atoms with E-state index in [1.165, 1.54) is 24.3 Å². The van der Waals surface area contributed by atoms with E-state index in [1.54, 1.807) is 0 Å². The van der Waals surface area contributed by atoms with Gasteiger partial charge in [0.1, 0.15) is 0 Å². The molecule has 4 rings (SSSR count). The lowest BCUT2D eigenvalue weighted by Gasteiger charge is -2.07. The maximum absolute atomic E-state index is 12.7. The van der Waals surface area contributed by atoms with Crippen LogP contribution in [0.25, 0.3) is 0 Å². The number of carbonyl (C=O) groups excluding carboxylic acids is 4. The lowest BCUT2D eigenvalue weighted by atomic mass is 10.1. The molecule has 0 atom stereocenters. The third-order valence-corrected chi connectivity index (χ3v) is 8.88. The molecule has 4 nitrogen and oxygen atoms in total. The minimum Gasteiger partial charge on any atom is -0.288 e. The molecule has 0 unspecified atom stereocenters. The highest BCUT2D eigenvalue weighted by atomic mass is 35.5. The molecule has 12 heteroatoms. The summed E-state index contributed by atoms with van der Waals surface area (Å²) < 4.78 is 0. The number of halogens is 8. The van der Waals surface area contributed by atoms with E-state index in [2.05, 4.69) is 0 Å². The van der Waals surface area contributed by atoms with Crippen molar-refractivity contribution in [2.75, 3.05) is 0 Å². The van der Waals surface area contributed by atoms with Gasteiger partial charge < -0.3 is 0 Å². The first kappa shape index (κ1) is 26.7. The van der Waals surface area contributed by atoms with E-state index in [-0.39, 0.29) is 80.0 Å². The predicted molar refractivity (Wildman–Crippen MR) is 140 cm³/mol. The van der Waals surface area contributed by atoms with Crippen molar-refractivity contribution in [2.24, 2.45) is 0 Å². The highest BCUT2D eigenvalue weighted by Crippen LogP contribution is 2.47. The van der Waals surface area contributed by atoms with Crippen LogP contribution in [0.15, 0.2) is 35.5 Å². The van der Waals surface area contributed by atoms with E-state index in [1.807, 2.05) is 0 Å². The second-order valence-corrected chi connectivity index (χ2v) is 10.2. The number of fused-ring (bicyclic) bond motifs is 2. The molecule has 35 heavy (non-hydrogen) atoms. The maximum Gasteiger partial charge on any atom is 0.199 e. The number of carbonyl (C=O) groups is 4. The fourth-order valence-electron chi connectivity index (χ4n) is 3.63. The van der Waals surface area contributed by atoms with Gasteiger partial charge in [0.15, 0.2) is 23.1 Å². The standard InChI is InChI=1S/C23H6Cl8O4/c24-12-8-9(13(25)17(29)16(12)28)21(33)6(20(8)32)4-2-1-3-5-7-22(34)10-11(23(7)35)15(27)19(31)18(30)14(10)26/h1-2,4-5H,3H2. The van der Waals surface area contributed by atoms with Crippen LogP contribution in [0.1, 0.15) is 47.9 Å². The number of ketones is 4. The van der Waals surface area contributed by atoms with E-state index < -0.39 is 23.1 Å². The van der Waals surface area contributed by atoms with Gasteiger partial charge in [-0.3, -0.25) is 19.2 Å². The third-order valence-electron chi connectivity index (χ3n) is 5.28.